The molecular formula is C53H37N3O. The smallest absolute Gasteiger partial charge is 0.169 e. The molecule has 7 aromatic carbocycles. The molecule has 270 valence electrons. The molecule has 3 heterocycles. The third kappa shape index (κ3) is 5.33. The number of rotatable bonds is 5. The van der Waals surface area contributed by atoms with Crippen LogP contribution in [0, 0.1) is 0 Å². The van der Waals surface area contributed by atoms with E-state index < -0.39 is 5.41 Å². The molecular weight excluding hydrogens is 695 g/mol. The van der Waals surface area contributed by atoms with Crippen LogP contribution in [0.2, 0.25) is 0 Å². The van der Waals surface area contributed by atoms with E-state index in [0.29, 0.717) is 11.5 Å². The summed E-state index contributed by atoms with van der Waals surface area (Å²) in [5.41, 5.74) is 15.7. The fraction of sp³-hybridized carbons (Fsp3) is 0.0377. The summed E-state index contributed by atoms with van der Waals surface area (Å²) in [6, 6.07) is 57.6. The molecule has 0 aromatic heterocycles. The van der Waals surface area contributed by atoms with Crippen molar-refractivity contribution in [3.8, 4) is 28.0 Å². The molecule has 1 N–H and O–H groups in total. The Kier molecular flexibility index (Phi) is 7.58. The zero-order chi connectivity index (χ0) is 37.9. The van der Waals surface area contributed by atoms with E-state index in [1.807, 2.05) is 42.7 Å². The van der Waals surface area contributed by atoms with Gasteiger partial charge in [-0.15, -0.1) is 0 Å². The first-order valence-corrected chi connectivity index (χ1v) is 19.4. The normalized spacial score (nSPS) is 15.9. The van der Waals surface area contributed by atoms with Crippen molar-refractivity contribution < 1.29 is 4.84 Å². The minimum atomic E-state index is -0.500. The van der Waals surface area contributed by atoms with Crippen molar-refractivity contribution in [2.45, 2.75) is 5.41 Å². The number of allylic oxidation sites excluding steroid dienone is 4. The van der Waals surface area contributed by atoms with E-state index in [0.717, 1.165) is 29.0 Å². The molecule has 4 nitrogen and oxygen atoms in total. The van der Waals surface area contributed by atoms with Gasteiger partial charge < -0.3 is 10.2 Å². The molecule has 0 saturated carbocycles. The highest BCUT2D eigenvalue weighted by atomic mass is 16.7. The second-order valence-corrected chi connectivity index (χ2v) is 14.9. The van der Waals surface area contributed by atoms with Gasteiger partial charge in [0.1, 0.15) is 0 Å². The Morgan fingerprint density at radius 1 is 0.561 bits per heavy atom. The van der Waals surface area contributed by atoms with E-state index in [1.165, 1.54) is 66.4 Å². The van der Waals surface area contributed by atoms with Gasteiger partial charge in [0.2, 0.25) is 0 Å². The van der Waals surface area contributed by atoms with Gasteiger partial charge in [0, 0.05) is 17.7 Å². The Labute approximate surface area is 332 Å². The van der Waals surface area contributed by atoms with Gasteiger partial charge in [0.15, 0.2) is 11.6 Å². The van der Waals surface area contributed by atoms with Gasteiger partial charge >= 0.3 is 0 Å². The molecule has 4 heteroatoms. The zero-order valence-corrected chi connectivity index (χ0v) is 31.2. The van der Waals surface area contributed by atoms with Crippen molar-refractivity contribution >= 4 is 33.5 Å². The van der Waals surface area contributed by atoms with Crippen molar-refractivity contribution in [2.75, 3.05) is 6.54 Å². The fourth-order valence-electron chi connectivity index (χ4n) is 9.01. The standard InChI is InChI=1S/C53H37N3O/c1-35-46-14-8-9-15-51(46)57-56-34-43(22-25-52(56)55-35)40-19-18-37-30-39(17-16-38(37)31-40)42-21-24-48-47-23-20-41(36-26-28-54-29-27-36)32-49(47)53(50(48)33-42,44-10-4-2-5-11-44)45-12-6-3-7-13-45/h2-28,30-34,54H,1,29H2. The van der Waals surface area contributed by atoms with E-state index in [-0.39, 0.29) is 0 Å². The quantitative estimate of drug-likeness (QED) is 0.191. The van der Waals surface area contributed by atoms with Gasteiger partial charge in [0.25, 0.3) is 0 Å². The van der Waals surface area contributed by atoms with Crippen LogP contribution >= 0.6 is 0 Å². The van der Waals surface area contributed by atoms with Crippen LogP contribution in [0.5, 0.6) is 5.75 Å². The molecule has 0 unspecified atom stereocenters. The second kappa shape index (κ2) is 13.1. The first kappa shape index (κ1) is 33.0. The number of aliphatic imine (C=N–C) groups is 1. The lowest BCUT2D eigenvalue weighted by atomic mass is 9.67. The molecule has 0 radical (unpaired) electrons. The minimum absolute atomic E-state index is 0.500. The summed E-state index contributed by atoms with van der Waals surface area (Å²) in [5.74, 6) is 1.43. The van der Waals surface area contributed by atoms with Crippen molar-refractivity contribution in [3.05, 3.63) is 240 Å². The highest BCUT2D eigenvalue weighted by Crippen LogP contribution is 2.57. The summed E-state index contributed by atoms with van der Waals surface area (Å²) in [5, 5.41) is 7.40. The Balaban J connectivity index is 1.00. The Morgan fingerprint density at radius 3 is 1.88 bits per heavy atom. The monoisotopic (exact) mass is 731 g/mol. The predicted molar refractivity (Wildman–Crippen MR) is 234 cm³/mol. The lowest BCUT2D eigenvalue weighted by Crippen LogP contribution is -2.29. The van der Waals surface area contributed by atoms with Crippen LogP contribution in [-0.4, -0.2) is 17.4 Å². The van der Waals surface area contributed by atoms with Crippen LogP contribution in [0.4, 0.5) is 0 Å². The fourth-order valence-corrected chi connectivity index (χ4v) is 9.01. The van der Waals surface area contributed by atoms with E-state index in [9.17, 15) is 0 Å². The van der Waals surface area contributed by atoms with Crippen molar-refractivity contribution in [1.29, 1.82) is 0 Å². The van der Waals surface area contributed by atoms with Crippen LogP contribution in [0.3, 0.4) is 0 Å². The minimum Gasteiger partial charge on any atom is -0.387 e. The largest absolute Gasteiger partial charge is 0.387 e. The lowest BCUT2D eigenvalue weighted by Gasteiger charge is -2.34. The van der Waals surface area contributed by atoms with E-state index in [4.69, 9.17) is 9.83 Å². The molecule has 0 saturated heterocycles. The van der Waals surface area contributed by atoms with Crippen LogP contribution in [-0.2, 0) is 5.41 Å². The van der Waals surface area contributed by atoms with E-state index in [2.05, 4.69) is 164 Å². The van der Waals surface area contributed by atoms with Gasteiger partial charge in [-0.25, -0.2) is 4.99 Å². The van der Waals surface area contributed by atoms with Gasteiger partial charge in [-0.2, -0.15) is 5.06 Å². The predicted octanol–water partition coefficient (Wildman–Crippen LogP) is 12.0. The summed E-state index contributed by atoms with van der Waals surface area (Å²) in [6.45, 7) is 5.00. The summed E-state index contributed by atoms with van der Waals surface area (Å²) >= 11 is 0. The summed E-state index contributed by atoms with van der Waals surface area (Å²) in [7, 11) is 0. The third-order valence-corrected chi connectivity index (χ3v) is 11.8. The molecule has 11 rings (SSSR count). The lowest BCUT2D eigenvalue weighted by molar-refractivity contribution is 0.0742. The topological polar surface area (TPSA) is 36.9 Å². The first-order valence-electron chi connectivity index (χ1n) is 19.4. The van der Waals surface area contributed by atoms with Gasteiger partial charge in [-0.3, -0.25) is 0 Å². The third-order valence-electron chi connectivity index (χ3n) is 11.8. The number of hydrogen-bond acceptors (Lipinski definition) is 4. The maximum atomic E-state index is 6.30. The van der Waals surface area contributed by atoms with Crippen molar-refractivity contribution in [2.24, 2.45) is 4.99 Å². The average Bonchev–Trinajstić information content (AvgIpc) is 3.48. The molecule has 0 amide bonds. The number of para-hydroxylation sites is 1. The molecule has 1 aliphatic carbocycles. The van der Waals surface area contributed by atoms with Crippen LogP contribution < -0.4 is 10.2 Å². The van der Waals surface area contributed by atoms with E-state index in [1.54, 1.807) is 5.06 Å². The molecule has 7 aromatic rings. The number of nitrogens with zero attached hydrogens (tertiary/aromatic N) is 2. The first-order chi connectivity index (χ1) is 28.1. The SMILES string of the molecule is C=C1N=C2C=CC(c3ccc4cc(-c5ccc6c(c5)C(c5ccccc5)(c5ccccc5)c5cc(C7=CCNC=C7)ccc5-6)ccc4c3)=CN2Oc2ccccc21. The van der Waals surface area contributed by atoms with Crippen molar-refractivity contribution in [1.82, 2.24) is 10.4 Å². The summed E-state index contributed by atoms with van der Waals surface area (Å²) in [6.07, 6.45) is 12.6. The average molecular weight is 732 g/mol. The number of nitrogens with one attached hydrogen (secondary N) is 1. The summed E-state index contributed by atoms with van der Waals surface area (Å²) in [4.78, 5) is 11.0. The number of hydroxylamine groups is 2. The molecule has 0 atom stereocenters. The maximum absolute atomic E-state index is 6.30. The Bertz CT molecular complexity index is 2910. The van der Waals surface area contributed by atoms with Gasteiger partial charge in [-0.05, 0) is 133 Å². The molecule has 4 aliphatic rings. The molecule has 57 heavy (non-hydrogen) atoms. The van der Waals surface area contributed by atoms with Crippen molar-refractivity contribution in [3.63, 3.8) is 0 Å². The molecule has 0 bridgehead atoms. The number of benzene rings is 7. The Hall–Kier alpha value is -7.43. The van der Waals surface area contributed by atoms with Crippen LogP contribution in [0.15, 0.2) is 206 Å². The maximum Gasteiger partial charge on any atom is 0.169 e. The summed E-state index contributed by atoms with van der Waals surface area (Å²) < 4.78 is 0. The molecule has 0 fully saturated rings. The number of fused-ring (bicyclic) bond motifs is 6. The van der Waals surface area contributed by atoms with Gasteiger partial charge in [-0.1, -0.05) is 134 Å². The van der Waals surface area contributed by atoms with E-state index >= 15 is 0 Å². The van der Waals surface area contributed by atoms with Crippen LogP contribution in [0.1, 0.15) is 38.9 Å². The molecule has 3 aliphatic heterocycles. The Morgan fingerprint density at radius 2 is 1.16 bits per heavy atom. The highest BCUT2D eigenvalue weighted by molar-refractivity contribution is 6.03. The highest BCUT2D eigenvalue weighted by Gasteiger charge is 2.46. The number of amidine groups is 1. The number of hydrogen-bond donors (Lipinski definition) is 1. The zero-order valence-electron chi connectivity index (χ0n) is 31.2. The molecule has 0 spiro atoms. The van der Waals surface area contributed by atoms with Gasteiger partial charge in [0.05, 0.1) is 17.3 Å². The van der Waals surface area contributed by atoms with Crippen LogP contribution in [0.25, 0.3) is 49.9 Å². The second-order valence-electron chi connectivity index (χ2n) is 14.9. The number of dihydropyridines is 1.